The van der Waals surface area contributed by atoms with E-state index < -0.39 is 5.97 Å². The molecule has 0 radical (unpaired) electrons. The molecule has 1 aliphatic rings. The summed E-state index contributed by atoms with van der Waals surface area (Å²) < 4.78 is 1.61. The highest BCUT2D eigenvalue weighted by molar-refractivity contribution is 5.86. The van der Waals surface area contributed by atoms with Crippen LogP contribution in [-0.2, 0) is 13.0 Å². The van der Waals surface area contributed by atoms with Gasteiger partial charge in [0.2, 0.25) is 0 Å². The van der Waals surface area contributed by atoms with Crippen molar-refractivity contribution >= 4 is 24.2 Å². The maximum atomic E-state index is 11.2. The molecular formula is C17H17ClN6O2. The van der Waals surface area contributed by atoms with Crippen molar-refractivity contribution in [2.24, 2.45) is 0 Å². The zero-order valence-electron chi connectivity index (χ0n) is 14.0. The van der Waals surface area contributed by atoms with Crippen LogP contribution >= 0.6 is 12.4 Å². The number of carboxylic acids is 1. The summed E-state index contributed by atoms with van der Waals surface area (Å²) in [7, 11) is 0. The molecule has 0 atom stereocenters. The van der Waals surface area contributed by atoms with Gasteiger partial charge < -0.3 is 10.0 Å². The van der Waals surface area contributed by atoms with Gasteiger partial charge in [0, 0.05) is 25.5 Å². The highest BCUT2D eigenvalue weighted by Gasteiger charge is 2.23. The molecule has 1 N–H and O–H groups in total. The monoisotopic (exact) mass is 372 g/mol. The number of nitrogens with zero attached hydrogens (tertiary/aromatic N) is 6. The van der Waals surface area contributed by atoms with Crippen LogP contribution in [0.25, 0.3) is 5.69 Å². The summed E-state index contributed by atoms with van der Waals surface area (Å²) in [6.45, 7) is 3.25. The summed E-state index contributed by atoms with van der Waals surface area (Å²) in [5.41, 5.74) is 3.72. The Morgan fingerprint density at radius 1 is 1.27 bits per heavy atom. The average Bonchev–Trinajstić information content (AvgIpc) is 3.03. The summed E-state index contributed by atoms with van der Waals surface area (Å²) in [5, 5.41) is 17.0. The normalized spacial score (nSPS) is 13.0. The molecule has 1 aromatic carbocycles. The van der Waals surface area contributed by atoms with Gasteiger partial charge in [-0.2, -0.15) is 0 Å². The van der Waals surface area contributed by atoms with Gasteiger partial charge in [0.05, 0.1) is 17.6 Å². The molecule has 1 aliphatic heterocycles. The molecule has 0 saturated carbocycles. The van der Waals surface area contributed by atoms with Crippen molar-refractivity contribution in [2.75, 3.05) is 11.4 Å². The number of anilines is 1. The Morgan fingerprint density at radius 2 is 2.12 bits per heavy atom. The van der Waals surface area contributed by atoms with Gasteiger partial charge in [-0.1, -0.05) is 17.3 Å². The first-order valence-corrected chi connectivity index (χ1v) is 7.93. The second kappa shape index (κ2) is 7.09. The number of halogens is 1. The molecule has 9 heteroatoms. The first kappa shape index (κ1) is 17.8. The van der Waals surface area contributed by atoms with E-state index in [0.29, 0.717) is 5.69 Å². The van der Waals surface area contributed by atoms with Crippen LogP contribution in [0.3, 0.4) is 0 Å². The van der Waals surface area contributed by atoms with E-state index in [1.165, 1.54) is 5.56 Å². The lowest BCUT2D eigenvalue weighted by Gasteiger charge is -2.30. The lowest BCUT2D eigenvalue weighted by Crippen LogP contribution is -2.31. The van der Waals surface area contributed by atoms with E-state index in [1.54, 1.807) is 30.2 Å². The minimum Gasteiger partial charge on any atom is -0.476 e. The van der Waals surface area contributed by atoms with E-state index in [9.17, 15) is 9.90 Å². The summed E-state index contributed by atoms with van der Waals surface area (Å²) in [4.78, 5) is 21.9. The van der Waals surface area contributed by atoms with Gasteiger partial charge in [0.15, 0.2) is 5.69 Å². The maximum absolute atomic E-state index is 11.2. The topological polar surface area (TPSA) is 97.0 Å². The maximum Gasteiger partial charge on any atom is 0.358 e. The molecule has 8 nitrogen and oxygen atoms in total. The van der Waals surface area contributed by atoms with Crippen molar-refractivity contribution in [3.8, 4) is 5.69 Å². The molecular weight excluding hydrogens is 356 g/mol. The SMILES string of the molecule is Cc1c(C(=O)O)nnn1-c1cccc2c1CCN(c1cnccn1)C2.Cl. The van der Waals surface area contributed by atoms with Crippen molar-refractivity contribution in [3.05, 3.63) is 59.3 Å². The Hall–Kier alpha value is -3.00. The highest BCUT2D eigenvalue weighted by atomic mass is 35.5. The van der Waals surface area contributed by atoms with Crippen LogP contribution in [0.4, 0.5) is 5.82 Å². The number of aromatic carboxylic acids is 1. The van der Waals surface area contributed by atoms with E-state index in [2.05, 4.69) is 31.2 Å². The van der Waals surface area contributed by atoms with E-state index in [1.807, 2.05) is 12.1 Å². The molecule has 134 valence electrons. The minimum atomic E-state index is -1.07. The number of hydrogen-bond acceptors (Lipinski definition) is 6. The molecule has 3 aromatic rings. The van der Waals surface area contributed by atoms with Crippen molar-refractivity contribution < 1.29 is 9.90 Å². The first-order valence-electron chi connectivity index (χ1n) is 7.93. The third-order valence-electron chi connectivity index (χ3n) is 4.44. The zero-order valence-corrected chi connectivity index (χ0v) is 14.8. The van der Waals surface area contributed by atoms with E-state index in [-0.39, 0.29) is 18.1 Å². The highest BCUT2D eigenvalue weighted by Crippen LogP contribution is 2.27. The Bertz CT molecular complexity index is 944. The van der Waals surface area contributed by atoms with Gasteiger partial charge in [0.25, 0.3) is 0 Å². The average molecular weight is 373 g/mol. The van der Waals surface area contributed by atoms with Crippen LogP contribution in [0.5, 0.6) is 0 Å². The summed E-state index contributed by atoms with van der Waals surface area (Å²) in [5.74, 6) is -0.217. The number of carbonyl (C=O) groups is 1. The molecule has 0 fully saturated rings. The van der Waals surface area contributed by atoms with Crippen molar-refractivity contribution in [1.29, 1.82) is 0 Å². The van der Waals surface area contributed by atoms with Crippen LogP contribution in [0.15, 0.2) is 36.8 Å². The number of rotatable bonds is 3. The number of fused-ring (bicyclic) bond motifs is 1. The molecule has 26 heavy (non-hydrogen) atoms. The Labute approximate surface area is 155 Å². The second-order valence-corrected chi connectivity index (χ2v) is 5.89. The fourth-order valence-electron chi connectivity index (χ4n) is 3.19. The summed E-state index contributed by atoms with van der Waals surface area (Å²) in [6.07, 6.45) is 5.92. The second-order valence-electron chi connectivity index (χ2n) is 5.89. The lowest BCUT2D eigenvalue weighted by molar-refractivity contribution is 0.0689. The molecule has 2 aromatic heterocycles. The fraction of sp³-hybridized carbons (Fsp3) is 0.235. The lowest BCUT2D eigenvalue weighted by atomic mass is 9.97. The molecule has 0 bridgehead atoms. The zero-order chi connectivity index (χ0) is 17.4. The standard InChI is InChI=1S/C17H16N6O2.ClH/c1-11-16(17(24)25)20-21-23(11)14-4-2-3-12-10-22(8-5-13(12)14)15-9-18-6-7-19-15;/h2-4,6-7,9H,5,8,10H2,1H3,(H,24,25);1H. The van der Waals surface area contributed by atoms with Crippen molar-refractivity contribution in [3.63, 3.8) is 0 Å². The quantitative estimate of drug-likeness (QED) is 0.751. The van der Waals surface area contributed by atoms with E-state index >= 15 is 0 Å². The fourth-order valence-corrected chi connectivity index (χ4v) is 3.19. The Morgan fingerprint density at radius 3 is 2.81 bits per heavy atom. The van der Waals surface area contributed by atoms with Crippen molar-refractivity contribution in [2.45, 2.75) is 19.9 Å². The van der Waals surface area contributed by atoms with Gasteiger partial charge in [-0.3, -0.25) is 4.98 Å². The molecule has 0 amide bonds. The molecule has 3 heterocycles. The predicted octanol–water partition coefficient (Wildman–Crippen LogP) is 2.05. The largest absolute Gasteiger partial charge is 0.476 e. The Kier molecular flexibility index (Phi) is 4.85. The van der Waals surface area contributed by atoms with Gasteiger partial charge in [0.1, 0.15) is 5.82 Å². The third kappa shape index (κ3) is 2.99. The van der Waals surface area contributed by atoms with Crippen LogP contribution in [-0.4, -0.2) is 42.6 Å². The van der Waals surface area contributed by atoms with Crippen LogP contribution in [0, 0.1) is 6.92 Å². The number of carboxylic acid groups (broad SMARTS) is 1. The minimum absolute atomic E-state index is 0. The smallest absolute Gasteiger partial charge is 0.358 e. The summed E-state index contributed by atoms with van der Waals surface area (Å²) >= 11 is 0. The third-order valence-corrected chi connectivity index (χ3v) is 4.44. The molecule has 0 aliphatic carbocycles. The van der Waals surface area contributed by atoms with Crippen LogP contribution in [0.1, 0.15) is 27.3 Å². The molecule has 0 spiro atoms. The molecule has 4 rings (SSSR count). The summed E-state index contributed by atoms with van der Waals surface area (Å²) in [6, 6.07) is 5.98. The van der Waals surface area contributed by atoms with Gasteiger partial charge in [-0.25, -0.2) is 14.5 Å². The van der Waals surface area contributed by atoms with Crippen molar-refractivity contribution in [1.82, 2.24) is 25.0 Å². The molecule has 0 saturated heterocycles. The first-order chi connectivity index (χ1) is 12.1. The number of benzene rings is 1. The van der Waals surface area contributed by atoms with E-state index in [0.717, 1.165) is 36.6 Å². The molecule has 0 unspecified atom stereocenters. The van der Waals surface area contributed by atoms with Gasteiger partial charge in [-0.05, 0) is 30.5 Å². The van der Waals surface area contributed by atoms with Gasteiger partial charge in [-0.15, -0.1) is 17.5 Å². The Balaban J connectivity index is 0.00000196. The number of aromatic nitrogens is 5. The van der Waals surface area contributed by atoms with Crippen LogP contribution < -0.4 is 4.90 Å². The number of hydrogen-bond donors (Lipinski definition) is 1. The van der Waals surface area contributed by atoms with Crippen LogP contribution in [0.2, 0.25) is 0 Å². The van der Waals surface area contributed by atoms with Gasteiger partial charge >= 0.3 is 5.97 Å². The predicted molar refractivity (Wildman–Crippen MR) is 97.1 cm³/mol. The van der Waals surface area contributed by atoms with E-state index in [4.69, 9.17) is 0 Å².